The van der Waals surface area contributed by atoms with Crippen molar-refractivity contribution < 1.29 is 0 Å². The van der Waals surface area contributed by atoms with Gasteiger partial charge in [-0.1, -0.05) is 12.1 Å². The van der Waals surface area contributed by atoms with Gasteiger partial charge in [0.1, 0.15) is 0 Å². The lowest BCUT2D eigenvalue weighted by molar-refractivity contribution is 1.21. The summed E-state index contributed by atoms with van der Waals surface area (Å²) in [5.74, 6) is 0. The van der Waals surface area contributed by atoms with Gasteiger partial charge in [-0.3, -0.25) is 0 Å². The Balaban J connectivity index is 2.30. The van der Waals surface area contributed by atoms with Gasteiger partial charge in [0.25, 0.3) is 0 Å². The molecule has 2 nitrogen and oxygen atoms in total. The Morgan fingerprint density at radius 1 is 0.722 bits per heavy atom. The van der Waals surface area contributed by atoms with Crippen molar-refractivity contribution in [1.29, 1.82) is 0 Å². The van der Waals surface area contributed by atoms with E-state index in [1.807, 2.05) is 12.1 Å². The Bertz CT molecular complexity index is 553. The first kappa shape index (κ1) is 13.9. The Hall–Kier alpha value is -0.500. The average molecular weight is 462 g/mol. The molecule has 0 amide bonds. The molecule has 0 unspecified atom stereocenters. The highest BCUT2D eigenvalue weighted by molar-refractivity contribution is 14.1. The predicted octanol–water partition coefficient (Wildman–Crippen LogP) is 5.93. The van der Waals surface area contributed by atoms with E-state index in [0.29, 0.717) is 0 Å². The molecule has 0 aliphatic rings. The minimum absolute atomic E-state index is 0.914. The molecular weight excluding hydrogens is 450 g/mol. The second-order valence-corrected chi connectivity index (χ2v) is 6.43. The third kappa shape index (κ3) is 3.50. The number of azo groups is 1. The van der Waals surface area contributed by atoms with Crippen LogP contribution in [0.25, 0.3) is 0 Å². The molecular formula is C14H12I2N2. The van der Waals surface area contributed by atoms with Crippen molar-refractivity contribution in [2.45, 2.75) is 13.8 Å². The van der Waals surface area contributed by atoms with Gasteiger partial charge < -0.3 is 0 Å². The summed E-state index contributed by atoms with van der Waals surface area (Å²) < 4.78 is 2.25. The molecule has 0 bridgehead atoms. The van der Waals surface area contributed by atoms with Crippen LogP contribution in [0.2, 0.25) is 0 Å². The fourth-order valence-electron chi connectivity index (χ4n) is 1.49. The maximum atomic E-state index is 4.32. The van der Waals surface area contributed by atoms with Crippen LogP contribution in [-0.2, 0) is 0 Å². The van der Waals surface area contributed by atoms with Gasteiger partial charge in [0.05, 0.1) is 11.4 Å². The number of hydrogen-bond acceptors (Lipinski definition) is 2. The number of halogens is 2. The van der Waals surface area contributed by atoms with Crippen LogP contribution in [0.15, 0.2) is 46.6 Å². The van der Waals surface area contributed by atoms with Crippen LogP contribution < -0.4 is 0 Å². The smallest absolute Gasteiger partial charge is 0.0990 e. The van der Waals surface area contributed by atoms with Gasteiger partial charge in [0.15, 0.2) is 0 Å². The van der Waals surface area contributed by atoms with E-state index in [9.17, 15) is 0 Å². The van der Waals surface area contributed by atoms with E-state index >= 15 is 0 Å². The summed E-state index contributed by atoms with van der Waals surface area (Å²) in [5.41, 5.74) is 4.31. The topological polar surface area (TPSA) is 24.7 Å². The van der Waals surface area contributed by atoms with Crippen molar-refractivity contribution in [1.82, 2.24) is 0 Å². The van der Waals surface area contributed by atoms with Gasteiger partial charge in [-0.25, -0.2) is 0 Å². The van der Waals surface area contributed by atoms with E-state index in [1.54, 1.807) is 0 Å². The van der Waals surface area contributed by atoms with Crippen LogP contribution in [-0.4, -0.2) is 0 Å². The normalized spacial score (nSPS) is 11.1. The van der Waals surface area contributed by atoms with Crippen LogP contribution in [0, 0.1) is 21.0 Å². The monoisotopic (exact) mass is 462 g/mol. The first-order valence-corrected chi connectivity index (χ1v) is 7.66. The van der Waals surface area contributed by atoms with Crippen LogP contribution in [0.1, 0.15) is 11.1 Å². The molecule has 0 aliphatic heterocycles. The fraction of sp³-hybridized carbons (Fsp3) is 0.143. The van der Waals surface area contributed by atoms with Crippen molar-refractivity contribution in [3.8, 4) is 0 Å². The first-order valence-electron chi connectivity index (χ1n) is 5.50. The van der Waals surface area contributed by atoms with E-state index in [2.05, 4.69) is 93.5 Å². The highest BCUT2D eigenvalue weighted by Gasteiger charge is 2.00. The van der Waals surface area contributed by atoms with Crippen molar-refractivity contribution in [3.63, 3.8) is 0 Å². The zero-order valence-electron chi connectivity index (χ0n) is 10.1. The first-order chi connectivity index (χ1) is 8.56. The number of benzene rings is 2. The lowest BCUT2D eigenvalue weighted by atomic mass is 10.2. The summed E-state index contributed by atoms with van der Waals surface area (Å²) >= 11 is 4.57. The number of rotatable bonds is 2. The zero-order valence-corrected chi connectivity index (χ0v) is 14.4. The van der Waals surface area contributed by atoms with Crippen LogP contribution in [0.3, 0.4) is 0 Å². The van der Waals surface area contributed by atoms with E-state index in [1.165, 1.54) is 11.1 Å². The van der Waals surface area contributed by atoms with Gasteiger partial charge in [-0.15, -0.1) is 10.2 Å². The molecule has 0 atom stereocenters. The van der Waals surface area contributed by atoms with Crippen molar-refractivity contribution in [2.75, 3.05) is 0 Å². The third-order valence-corrected chi connectivity index (χ3v) is 4.20. The van der Waals surface area contributed by atoms with Gasteiger partial charge in [0.2, 0.25) is 0 Å². The standard InChI is InChI=1S/C14H12I2N2/c1-9-3-5-13(11(15)7-9)17-18-14-6-4-10(2)8-12(14)16/h3-8H,1-2H3. The predicted molar refractivity (Wildman–Crippen MR) is 92.0 cm³/mol. The second kappa shape index (κ2) is 6.10. The Labute approximate surface area is 134 Å². The van der Waals surface area contributed by atoms with Gasteiger partial charge >= 0.3 is 0 Å². The number of nitrogens with zero attached hydrogens (tertiary/aromatic N) is 2. The van der Waals surface area contributed by atoms with Gasteiger partial charge in [-0.2, -0.15) is 0 Å². The molecule has 4 heteroatoms. The molecule has 2 aromatic carbocycles. The zero-order chi connectivity index (χ0) is 13.1. The van der Waals surface area contributed by atoms with E-state index in [-0.39, 0.29) is 0 Å². The largest absolute Gasteiger partial charge is 0.149 e. The molecule has 92 valence electrons. The lowest BCUT2D eigenvalue weighted by Crippen LogP contribution is -1.78. The molecule has 0 heterocycles. The van der Waals surface area contributed by atoms with Crippen molar-refractivity contribution in [2.24, 2.45) is 10.2 Å². The molecule has 0 fully saturated rings. The maximum Gasteiger partial charge on any atom is 0.0990 e. The summed E-state index contributed by atoms with van der Waals surface area (Å²) in [4.78, 5) is 0. The van der Waals surface area contributed by atoms with Crippen LogP contribution in [0.5, 0.6) is 0 Å². The maximum absolute atomic E-state index is 4.32. The highest BCUT2D eigenvalue weighted by Crippen LogP contribution is 2.27. The molecule has 0 spiro atoms. The Morgan fingerprint density at radius 2 is 1.11 bits per heavy atom. The minimum atomic E-state index is 0.914. The lowest BCUT2D eigenvalue weighted by Gasteiger charge is -2.01. The summed E-state index contributed by atoms with van der Waals surface area (Å²) in [6, 6.07) is 12.3. The quantitative estimate of drug-likeness (QED) is 0.391. The van der Waals surface area contributed by atoms with E-state index in [4.69, 9.17) is 0 Å². The van der Waals surface area contributed by atoms with E-state index in [0.717, 1.165) is 18.5 Å². The number of hydrogen-bond donors (Lipinski definition) is 0. The average Bonchev–Trinajstić information content (AvgIpc) is 2.30. The second-order valence-electron chi connectivity index (χ2n) is 4.11. The van der Waals surface area contributed by atoms with Crippen LogP contribution >= 0.6 is 45.2 Å². The highest BCUT2D eigenvalue weighted by atomic mass is 127. The molecule has 0 radical (unpaired) electrons. The molecule has 0 saturated carbocycles. The molecule has 0 saturated heterocycles. The molecule has 0 N–H and O–H groups in total. The SMILES string of the molecule is Cc1ccc(N=Nc2ccc(C)cc2I)c(I)c1. The Kier molecular flexibility index (Phi) is 4.71. The van der Waals surface area contributed by atoms with Gasteiger partial charge in [0, 0.05) is 7.14 Å². The molecule has 2 aromatic rings. The van der Waals surface area contributed by atoms with E-state index < -0.39 is 0 Å². The van der Waals surface area contributed by atoms with Crippen molar-refractivity contribution in [3.05, 3.63) is 54.7 Å². The minimum Gasteiger partial charge on any atom is -0.149 e. The molecule has 2 rings (SSSR count). The molecule has 0 aliphatic carbocycles. The Morgan fingerprint density at radius 3 is 1.44 bits per heavy atom. The van der Waals surface area contributed by atoms with Crippen molar-refractivity contribution >= 4 is 56.6 Å². The summed E-state index contributed by atoms with van der Waals surface area (Å²) in [6.45, 7) is 4.15. The summed E-state index contributed by atoms with van der Waals surface area (Å²) in [5, 5.41) is 8.64. The number of aryl methyl sites for hydroxylation is 2. The van der Waals surface area contributed by atoms with Crippen LogP contribution in [0.4, 0.5) is 11.4 Å². The fourth-order valence-corrected chi connectivity index (χ4v) is 3.05. The van der Waals surface area contributed by atoms with Gasteiger partial charge in [-0.05, 0) is 94.4 Å². The molecule has 18 heavy (non-hydrogen) atoms. The molecule has 0 aromatic heterocycles. The third-order valence-electron chi connectivity index (χ3n) is 2.47. The summed E-state index contributed by atoms with van der Waals surface area (Å²) in [6.07, 6.45) is 0. The summed E-state index contributed by atoms with van der Waals surface area (Å²) in [7, 11) is 0.